The van der Waals surface area contributed by atoms with Crippen molar-refractivity contribution in [3.8, 4) is 0 Å². The molecule has 0 N–H and O–H groups in total. The van der Waals surface area contributed by atoms with Crippen molar-refractivity contribution in [2.45, 2.75) is 53.0 Å². The van der Waals surface area contributed by atoms with E-state index < -0.39 is 0 Å². The number of hydrogen-bond donors (Lipinski definition) is 0. The van der Waals surface area contributed by atoms with Crippen molar-refractivity contribution in [2.24, 2.45) is 0 Å². The van der Waals surface area contributed by atoms with E-state index in [1.165, 1.54) is 11.4 Å². The van der Waals surface area contributed by atoms with Crippen molar-refractivity contribution in [1.29, 1.82) is 0 Å². The van der Waals surface area contributed by atoms with Crippen LogP contribution in [0.15, 0.2) is 6.07 Å². The first-order valence-corrected chi connectivity index (χ1v) is 5.30. The lowest BCUT2D eigenvalue weighted by atomic mass is 10.2. The average molecular weight is 180 g/mol. The third kappa shape index (κ3) is 2.11. The van der Waals surface area contributed by atoms with Crippen LogP contribution in [0.1, 0.15) is 51.5 Å². The Morgan fingerprint density at radius 3 is 2.46 bits per heavy atom. The quantitative estimate of drug-likeness (QED) is 0.696. The molecule has 1 unspecified atom stereocenters. The Bertz CT molecular complexity index is 263. The van der Waals surface area contributed by atoms with Crippen molar-refractivity contribution >= 4 is 0 Å². The Kier molecular flexibility index (Phi) is 3.52. The second-order valence-corrected chi connectivity index (χ2v) is 3.54. The van der Waals surface area contributed by atoms with Gasteiger partial charge in [-0.1, -0.05) is 20.8 Å². The lowest BCUT2D eigenvalue weighted by molar-refractivity contribution is 0.458. The Balaban J connectivity index is 2.96. The van der Waals surface area contributed by atoms with Crippen molar-refractivity contribution in [1.82, 2.24) is 9.78 Å². The molecule has 74 valence electrons. The van der Waals surface area contributed by atoms with Crippen molar-refractivity contribution < 1.29 is 0 Å². The first-order valence-electron chi connectivity index (χ1n) is 5.30. The number of aryl methyl sites for hydroxylation is 2. The van der Waals surface area contributed by atoms with Crippen LogP contribution >= 0.6 is 0 Å². The molecule has 0 saturated heterocycles. The van der Waals surface area contributed by atoms with Crippen LogP contribution in [-0.2, 0) is 12.8 Å². The third-order valence-corrected chi connectivity index (χ3v) is 2.60. The zero-order valence-electron chi connectivity index (χ0n) is 9.17. The second-order valence-electron chi connectivity index (χ2n) is 3.54. The van der Waals surface area contributed by atoms with Gasteiger partial charge in [-0.15, -0.1) is 0 Å². The molecule has 0 bridgehead atoms. The Hall–Kier alpha value is -0.790. The van der Waals surface area contributed by atoms with E-state index in [0.717, 1.165) is 19.3 Å². The zero-order chi connectivity index (χ0) is 9.84. The molecule has 1 aromatic heterocycles. The molecule has 0 fully saturated rings. The molecule has 2 nitrogen and oxygen atoms in total. The Morgan fingerprint density at radius 2 is 2.00 bits per heavy atom. The molecular weight excluding hydrogens is 160 g/mol. The van der Waals surface area contributed by atoms with Gasteiger partial charge in [-0.3, -0.25) is 4.68 Å². The van der Waals surface area contributed by atoms with Crippen LogP contribution in [0.3, 0.4) is 0 Å². The number of rotatable bonds is 4. The molecular formula is C11H20N2. The van der Waals surface area contributed by atoms with E-state index in [1.807, 2.05) is 0 Å². The van der Waals surface area contributed by atoms with Crippen LogP contribution in [-0.4, -0.2) is 9.78 Å². The summed E-state index contributed by atoms with van der Waals surface area (Å²) in [6.45, 7) is 8.78. The van der Waals surface area contributed by atoms with Gasteiger partial charge < -0.3 is 0 Å². The van der Waals surface area contributed by atoms with Crippen LogP contribution in [0.5, 0.6) is 0 Å². The highest BCUT2D eigenvalue weighted by atomic mass is 15.3. The summed E-state index contributed by atoms with van der Waals surface area (Å²) in [5, 5.41) is 4.59. The Labute approximate surface area is 81.0 Å². The summed E-state index contributed by atoms with van der Waals surface area (Å²) in [7, 11) is 0. The summed E-state index contributed by atoms with van der Waals surface area (Å²) in [5.74, 6) is 0. The van der Waals surface area contributed by atoms with Gasteiger partial charge in [-0.25, -0.2) is 0 Å². The first-order chi connectivity index (χ1) is 6.22. The molecule has 1 rings (SSSR count). The van der Waals surface area contributed by atoms with Crippen LogP contribution in [0, 0.1) is 0 Å². The van der Waals surface area contributed by atoms with E-state index in [1.54, 1.807) is 0 Å². The average Bonchev–Trinajstić information content (AvgIpc) is 2.59. The summed E-state index contributed by atoms with van der Waals surface area (Å²) < 4.78 is 2.18. The molecule has 0 aromatic carbocycles. The molecule has 0 spiro atoms. The number of hydrogen-bond acceptors (Lipinski definition) is 1. The maximum Gasteiger partial charge on any atom is 0.0624 e. The summed E-state index contributed by atoms with van der Waals surface area (Å²) in [4.78, 5) is 0. The van der Waals surface area contributed by atoms with E-state index in [4.69, 9.17) is 0 Å². The summed E-state index contributed by atoms with van der Waals surface area (Å²) in [5.41, 5.74) is 2.59. The maximum atomic E-state index is 4.59. The van der Waals surface area contributed by atoms with Gasteiger partial charge in [0.2, 0.25) is 0 Å². The van der Waals surface area contributed by atoms with Gasteiger partial charge in [0.15, 0.2) is 0 Å². The van der Waals surface area contributed by atoms with Gasteiger partial charge >= 0.3 is 0 Å². The fourth-order valence-electron chi connectivity index (χ4n) is 1.48. The molecule has 0 aliphatic rings. The smallest absolute Gasteiger partial charge is 0.0624 e. The number of aromatic nitrogens is 2. The van der Waals surface area contributed by atoms with Crippen molar-refractivity contribution in [3.63, 3.8) is 0 Å². The van der Waals surface area contributed by atoms with Crippen LogP contribution in [0.2, 0.25) is 0 Å². The van der Waals surface area contributed by atoms with Crippen molar-refractivity contribution in [2.75, 3.05) is 0 Å². The van der Waals surface area contributed by atoms with E-state index >= 15 is 0 Å². The zero-order valence-corrected chi connectivity index (χ0v) is 9.17. The van der Waals surface area contributed by atoms with Crippen LogP contribution in [0.25, 0.3) is 0 Å². The molecule has 0 amide bonds. The van der Waals surface area contributed by atoms with E-state index in [-0.39, 0.29) is 0 Å². The molecule has 1 aromatic rings. The van der Waals surface area contributed by atoms with Gasteiger partial charge in [0.05, 0.1) is 5.69 Å². The minimum Gasteiger partial charge on any atom is -0.267 e. The lowest BCUT2D eigenvalue weighted by Gasteiger charge is -2.12. The molecule has 2 heteroatoms. The molecule has 0 saturated carbocycles. The van der Waals surface area contributed by atoms with Crippen LogP contribution < -0.4 is 0 Å². The minimum absolute atomic E-state index is 0.537. The van der Waals surface area contributed by atoms with Crippen LogP contribution in [0.4, 0.5) is 0 Å². The highest BCUT2D eigenvalue weighted by molar-refractivity contribution is 5.11. The second kappa shape index (κ2) is 4.45. The largest absolute Gasteiger partial charge is 0.267 e. The molecule has 1 heterocycles. The maximum absolute atomic E-state index is 4.59. The predicted octanol–water partition coefficient (Wildman–Crippen LogP) is 2.98. The topological polar surface area (TPSA) is 17.8 Å². The van der Waals surface area contributed by atoms with E-state index in [9.17, 15) is 0 Å². The van der Waals surface area contributed by atoms with Crippen molar-refractivity contribution in [3.05, 3.63) is 17.5 Å². The third-order valence-electron chi connectivity index (χ3n) is 2.60. The van der Waals surface area contributed by atoms with E-state index in [2.05, 4.69) is 43.5 Å². The fourth-order valence-corrected chi connectivity index (χ4v) is 1.48. The molecule has 13 heavy (non-hydrogen) atoms. The Morgan fingerprint density at radius 1 is 1.31 bits per heavy atom. The normalized spacial score (nSPS) is 13.2. The fraction of sp³-hybridized carbons (Fsp3) is 0.727. The molecule has 0 radical (unpaired) electrons. The van der Waals surface area contributed by atoms with Gasteiger partial charge in [-0.2, -0.15) is 5.10 Å². The minimum atomic E-state index is 0.537. The molecule has 0 aliphatic carbocycles. The van der Waals surface area contributed by atoms with Gasteiger partial charge in [-0.05, 0) is 32.3 Å². The van der Waals surface area contributed by atoms with Gasteiger partial charge in [0.1, 0.15) is 0 Å². The molecule has 0 aliphatic heterocycles. The summed E-state index contributed by atoms with van der Waals surface area (Å²) in [6, 6.07) is 2.77. The highest BCUT2D eigenvalue weighted by Crippen LogP contribution is 2.15. The SMILES string of the molecule is CCc1cc(CC)n(C(C)CC)n1. The number of nitrogens with zero attached hydrogens (tertiary/aromatic N) is 2. The predicted molar refractivity (Wildman–Crippen MR) is 56.0 cm³/mol. The monoisotopic (exact) mass is 180 g/mol. The summed E-state index contributed by atoms with van der Waals surface area (Å²) in [6.07, 6.45) is 3.27. The summed E-state index contributed by atoms with van der Waals surface area (Å²) >= 11 is 0. The van der Waals surface area contributed by atoms with E-state index in [0.29, 0.717) is 6.04 Å². The lowest BCUT2D eigenvalue weighted by Crippen LogP contribution is -2.09. The first kappa shape index (κ1) is 10.3. The van der Waals surface area contributed by atoms with Gasteiger partial charge in [0, 0.05) is 11.7 Å². The highest BCUT2D eigenvalue weighted by Gasteiger charge is 2.09. The molecule has 1 atom stereocenters. The van der Waals surface area contributed by atoms with Gasteiger partial charge in [0.25, 0.3) is 0 Å². The standard InChI is InChI=1S/C11H20N2/c1-5-9(4)13-11(7-3)8-10(6-2)12-13/h8-9H,5-7H2,1-4H3.